The minimum Gasteiger partial charge on any atom is -0.466 e. The summed E-state index contributed by atoms with van der Waals surface area (Å²) in [7, 11) is 1.32. The van der Waals surface area contributed by atoms with Gasteiger partial charge in [-0.25, -0.2) is 23.9 Å². The van der Waals surface area contributed by atoms with E-state index in [2.05, 4.69) is 25.2 Å². The van der Waals surface area contributed by atoms with Crippen molar-refractivity contribution in [2.75, 3.05) is 44.7 Å². The molecular weight excluding hydrogens is 691 g/mol. The molecule has 4 aromatic rings. The van der Waals surface area contributed by atoms with E-state index in [1.165, 1.54) is 68.4 Å². The molecule has 0 spiro atoms. The van der Waals surface area contributed by atoms with Gasteiger partial charge in [-0.15, -0.1) is 11.3 Å². The largest absolute Gasteiger partial charge is 0.466 e. The number of piperazine rings is 1. The maximum Gasteiger partial charge on any atom is 0.338 e. The van der Waals surface area contributed by atoms with Gasteiger partial charge in [0.2, 0.25) is 0 Å². The van der Waals surface area contributed by atoms with Crippen LogP contribution < -0.4 is 10.2 Å². The topological polar surface area (TPSA) is 119 Å². The van der Waals surface area contributed by atoms with E-state index in [0.29, 0.717) is 66.3 Å². The number of halogens is 2. The van der Waals surface area contributed by atoms with Crippen LogP contribution in [0.15, 0.2) is 76.5 Å². The summed E-state index contributed by atoms with van der Waals surface area (Å²) in [4.78, 5) is 50.5. The number of nitrogens with one attached hydrogen (secondary N) is 2. The number of ether oxygens (including phenoxy) is 1. The zero-order valence-electron chi connectivity index (χ0n) is 28.1. The van der Waals surface area contributed by atoms with E-state index in [0.717, 1.165) is 17.1 Å². The first-order valence-corrected chi connectivity index (χ1v) is 18.6. The Labute approximate surface area is 304 Å². The number of aromatic nitrogens is 3. The molecule has 2 aromatic carbocycles. The Kier molecular flexibility index (Phi) is 9.34. The molecule has 2 aromatic heterocycles. The molecule has 5 heterocycles. The quantitative estimate of drug-likeness (QED) is 0.199. The fourth-order valence-corrected chi connectivity index (χ4v) is 8.58. The predicted molar refractivity (Wildman–Crippen MR) is 195 cm³/mol. The molecule has 14 heteroatoms. The lowest BCUT2D eigenvalue weighted by Gasteiger charge is -2.38. The van der Waals surface area contributed by atoms with Gasteiger partial charge < -0.3 is 19.9 Å². The molecule has 1 unspecified atom stereocenters. The number of carbonyl (C=O) groups excluding carboxylic acids is 2. The molecule has 1 saturated carbocycles. The molecule has 0 bridgehead atoms. The van der Waals surface area contributed by atoms with Crippen LogP contribution in [0.2, 0.25) is 5.02 Å². The maximum atomic E-state index is 14.1. The molecular formula is C37H38ClFN8O3S. The number of amidine groups is 1. The molecule has 0 radical (unpaired) electrons. The first-order valence-electron chi connectivity index (χ1n) is 17.3. The number of aromatic amines is 1. The average molecular weight is 729 g/mol. The number of aliphatic imine (C=N–C) groups is 1. The smallest absolute Gasteiger partial charge is 0.338 e. The first kappa shape index (κ1) is 33.5. The third-order valence-electron chi connectivity index (χ3n) is 10.3. The van der Waals surface area contributed by atoms with Crippen LogP contribution in [-0.2, 0) is 9.53 Å². The van der Waals surface area contributed by atoms with E-state index in [1.807, 2.05) is 45.6 Å². The van der Waals surface area contributed by atoms with E-state index < -0.39 is 17.8 Å². The zero-order chi connectivity index (χ0) is 35.1. The number of anilines is 1. The lowest BCUT2D eigenvalue weighted by atomic mass is 9.87. The number of nitrogens with zero attached hydrogens (tertiary/aromatic N) is 6. The number of H-pyrrole nitrogens is 1. The Morgan fingerprint density at radius 3 is 2.65 bits per heavy atom. The highest BCUT2D eigenvalue weighted by Crippen LogP contribution is 2.38. The van der Waals surface area contributed by atoms with Crippen LogP contribution >= 0.6 is 22.9 Å². The SMILES string of the molecule is COC(=O)C1=C(CN2CCN3C(=O)N(c4ccc(-c5ncc(C6CCCCC6)[nH]5)cc4)C[C@@H]3C2)NC(c2nccs2)=NC1c1ccc(F)cc1Cl. The molecule has 2 amide bonds. The fourth-order valence-electron chi connectivity index (χ4n) is 7.73. The van der Waals surface area contributed by atoms with Gasteiger partial charge in [0, 0.05) is 89.6 Å². The average Bonchev–Trinajstić information content (AvgIpc) is 3.93. The van der Waals surface area contributed by atoms with Gasteiger partial charge in [0.25, 0.3) is 0 Å². The standard InChI is InChI=1S/C37H38ClFN8O3S/c1-50-36(48)31-30(43-34(35-40-13-16-51-35)44-32(31)27-12-9-24(39)17-28(27)38)21-45-14-15-46-26(19-45)20-47(37(46)49)25-10-7-23(8-11-25)33-41-18-29(42-33)22-5-3-2-4-6-22/h7-13,16-18,22,26,32H,2-6,14-15,19-21H2,1H3,(H,41,42)(H,43,44)/t26-,32?/m0/s1. The highest BCUT2D eigenvalue weighted by atomic mass is 35.5. The maximum absolute atomic E-state index is 14.1. The van der Waals surface area contributed by atoms with Crippen molar-refractivity contribution in [2.24, 2.45) is 4.99 Å². The normalized spacial score (nSPS) is 21.5. The third kappa shape index (κ3) is 6.65. The van der Waals surface area contributed by atoms with Crippen molar-refractivity contribution in [1.82, 2.24) is 30.1 Å². The number of amides is 2. The minimum atomic E-state index is -0.839. The van der Waals surface area contributed by atoms with Crippen LogP contribution in [-0.4, -0.2) is 88.5 Å². The summed E-state index contributed by atoms with van der Waals surface area (Å²) in [6.07, 6.45) is 9.94. The van der Waals surface area contributed by atoms with Gasteiger partial charge in [-0.3, -0.25) is 14.8 Å². The Morgan fingerprint density at radius 2 is 1.90 bits per heavy atom. The molecule has 2 saturated heterocycles. The Balaban J connectivity index is 1.00. The zero-order valence-corrected chi connectivity index (χ0v) is 29.7. The summed E-state index contributed by atoms with van der Waals surface area (Å²) in [5, 5.41) is 6.01. The fraction of sp³-hybridized carbons (Fsp3) is 0.378. The van der Waals surface area contributed by atoms with Gasteiger partial charge in [0.15, 0.2) is 10.8 Å². The summed E-state index contributed by atoms with van der Waals surface area (Å²) < 4.78 is 19.3. The number of fused-ring (bicyclic) bond motifs is 1. The highest BCUT2D eigenvalue weighted by molar-refractivity contribution is 7.11. The number of rotatable bonds is 8. The van der Waals surface area contributed by atoms with Crippen molar-refractivity contribution in [2.45, 2.75) is 50.1 Å². The van der Waals surface area contributed by atoms with Gasteiger partial charge in [-0.1, -0.05) is 36.9 Å². The molecule has 264 valence electrons. The van der Waals surface area contributed by atoms with Gasteiger partial charge >= 0.3 is 12.0 Å². The van der Waals surface area contributed by atoms with Crippen molar-refractivity contribution in [1.29, 1.82) is 0 Å². The molecule has 2 N–H and O–H groups in total. The Hall–Kier alpha value is -4.59. The van der Waals surface area contributed by atoms with Gasteiger partial charge in [0.1, 0.15) is 17.7 Å². The number of methoxy groups -OCH3 is 1. The number of carbonyl (C=O) groups is 2. The molecule has 3 aliphatic heterocycles. The molecule has 11 nitrogen and oxygen atoms in total. The molecule has 8 rings (SSSR count). The number of hydrogen-bond donors (Lipinski definition) is 2. The summed E-state index contributed by atoms with van der Waals surface area (Å²) in [5.41, 5.74) is 4.42. The second-order valence-corrected chi connectivity index (χ2v) is 14.7. The second kappa shape index (κ2) is 14.2. The summed E-state index contributed by atoms with van der Waals surface area (Å²) in [6.45, 7) is 2.64. The van der Waals surface area contributed by atoms with E-state index in [-0.39, 0.29) is 17.1 Å². The lowest BCUT2D eigenvalue weighted by molar-refractivity contribution is -0.136. The molecule has 3 fully saturated rings. The van der Waals surface area contributed by atoms with Crippen LogP contribution in [0.4, 0.5) is 14.9 Å². The van der Waals surface area contributed by atoms with Crippen LogP contribution in [0.25, 0.3) is 11.4 Å². The first-order chi connectivity index (χ1) is 24.9. The number of hydrogen-bond acceptors (Lipinski definition) is 9. The van der Waals surface area contributed by atoms with Crippen molar-refractivity contribution >= 4 is 46.5 Å². The molecule has 4 aliphatic rings. The predicted octanol–water partition coefficient (Wildman–Crippen LogP) is 6.52. The van der Waals surface area contributed by atoms with E-state index in [4.69, 9.17) is 21.3 Å². The molecule has 51 heavy (non-hydrogen) atoms. The van der Waals surface area contributed by atoms with Crippen LogP contribution in [0, 0.1) is 5.82 Å². The van der Waals surface area contributed by atoms with Gasteiger partial charge in [-0.2, -0.15) is 0 Å². The number of urea groups is 1. The third-order valence-corrected chi connectivity index (χ3v) is 11.4. The summed E-state index contributed by atoms with van der Waals surface area (Å²) in [6, 6.07) is 11.2. The van der Waals surface area contributed by atoms with E-state index >= 15 is 0 Å². The monoisotopic (exact) mass is 728 g/mol. The Bertz CT molecular complexity index is 1990. The number of thiazole rings is 1. The van der Waals surface area contributed by atoms with Crippen molar-refractivity contribution < 1.29 is 18.7 Å². The van der Waals surface area contributed by atoms with E-state index in [1.54, 1.807) is 12.3 Å². The minimum absolute atomic E-state index is 0.0144. The Morgan fingerprint density at radius 1 is 1.08 bits per heavy atom. The molecule has 2 atom stereocenters. The second-order valence-electron chi connectivity index (χ2n) is 13.4. The number of benzene rings is 2. The highest BCUT2D eigenvalue weighted by Gasteiger charge is 2.42. The van der Waals surface area contributed by atoms with Gasteiger partial charge in [0.05, 0.1) is 18.7 Å². The van der Waals surface area contributed by atoms with Crippen LogP contribution in [0.1, 0.15) is 60.3 Å². The lowest BCUT2D eigenvalue weighted by Crippen LogP contribution is -2.53. The van der Waals surface area contributed by atoms with Crippen molar-refractivity contribution in [3.05, 3.63) is 98.6 Å². The molecule has 1 aliphatic carbocycles. The van der Waals surface area contributed by atoms with Crippen molar-refractivity contribution in [3.8, 4) is 11.4 Å². The number of esters is 1. The summed E-state index contributed by atoms with van der Waals surface area (Å²) >= 11 is 7.93. The van der Waals surface area contributed by atoms with Crippen LogP contribution in [0.5, 0.6) is 0 Å². The van der Waals surface area contributed by atoms with Crippen molar-refractivity contribution in [3.63, 3.8) is 0 Å². The van der Waals surface area contributed by atoms with E-state index in [9.17, 15) is 14.0 Å². The number of imidazole rings is 1. The van der Waals surface area contributed by atoms with Gasteiger partial charge in [-0.05, 0) is 49.2 Å². The summed E-state index contributed by atoms with van der Waals surface area (Å²) in [5.74, 6) is 0.849. The van der Waals surface area contributed by atoms with Crippen LogP contribution in [0.3, 0.4) is 0 Å².